The molecule has 0 unspecified atom stereocenters. The van der Waals surface area contributed by atoms with Crippen molar-refractivity contribution in [1.29, 1.82) is 0 Å². The van der Waals surface area contributed by atoms with Crippen LogP contribution in [-0.4, -0.2) is 51.5 Å². The first-order chi connectivity index (χ1) is 13.0. The van der Waals surface area contributed by atoms with Gasteiger partial charge in [-0.1, -0.05) is 6.92 Å². The summed E-state index contributed by atoms with van der Waals surface area (Å²) in [7, 11) is 0. The van der Waals surface area contributed by atoms with E-state index in [1.807, 2.05) is 0 Å². The van der Waals surface area contributed by atoms with E-state index in [0.29, 0.717) is 10.8 Å². The van der Waals surface area contributed by atoms with Crippen LogP contribution in [0.15, 0.2) is 11.0 Å². The number of nitrogens with two attached hydrogens (primary N) is 1. The minimum absolute atomic E-state index is 0.0349. The van der Waals surface area contributed by atoms with Gasteiger partial charge < -0.3 is 25.1 Å². The molecule has 1 aliphatic heterocycles. The minimum atomic E-state index is -4.92. The van der Waals surface area contributed by atoms with Crippen molar-refractivity contribution in [3.63, 3.8) is 0 Å². The predicted octanol–water partition coefficient (Wildman–Crippen LogP) is -0.0125. The Balaban J connectivity index is 2.38. The molecule has 1 fully saturated rings. The van der Waals surface area contributed by atoms with Gasteiger partial charge in [0.05, 0.1) is 0 Å². The molecule has 1 aromatic heterocycles. The molecule has 13 heteroatoms. The number of aromatic nitrogens is 2. The highest BCUT2D eigenvalue weighted by Crippen LogP contribution is 2.35. The summed E-state index contributed by atoms with van der Waals surface area (Å²) < 4.78 is 54.7. The summed E-state index contributed by atoms with van der Waals surface area (Å²) in [5.41, 5.74) is 2.52. The molecular formula is C15H18F3N3O7. The number of nitrogens with zero attached hydrogens (tertiary/aromatic N) is 2. The second-order valence-corrected chi connectivity index (χ2v) is 5.89. The Morgan fingerprint density at radius 2 is 2.07 bits per heavy atom. The van der Waals surface area contributed by atoms with Crippen molar-refractivity contribution in [2.75, 3.05) is 12.3 Å². The monoisotopic (exact) mass is 409 g/mol. The van der Waals surface area contributed by atoms with Gasteiger partial charge in [-0.15, -0.1) is 0 Å². The molecular weight excluding hydrogens is 391 g/mol. The molecule has 4 atom stereocenters. The van der Waals surface area contributed by atoms with Crippen LogP contribution in [0.25, 0.3) is 0 Å². The van der Waals surface area contributed by atoms with Crippen molar-refractivity contribution < 1.29 is 42.1 Å². The number of alkyl halides is 3. The number of nitrogen functional groups attached to an aromatic ring is 1. The highest BCUT2D eigenvalue weighted by Gasteiger charge is 2.48. The zero-order chi connectivity index (χ0) is 21.2. The first-order valence-corrected chi connectivity index (χ1v) is 8.08. The lowest BCUT2D eigenvalue weighted by Gasteiger charge is -2.20. The quantitative estimate of drug-likeness (QED) is 0.642. The largest absolute Gasteiger partial charge is 0.463 e. The van der Waals surface area contributed by atoms with Gasteiger partial charge in [0, 0.05) is 19.5 Å². The van der Waals surface area contributed by atoms with Gasteiger partial charge in [0.25, 0.3) is 0 Å². The van der Waals surface area contributed by atoms with E-state index in [0.717, 1.165) is 6.92 Å². The van der Waals surface area contributed by atoms with E-state index in [1.54, 1.807) is 0 Å². The second kappa shape index (κ2) is 8.14. The molecule has 0 aromatic carbocycles. The number of rotatable bonds is 5. The number of aliphatic hydroxyl groups excluding tert-OH is 1. The summed E-state index contributed by atoms with van der Waals surface area (Å²) >= 11 is 0. The Labute approximate surface area is 156 Å². The van der Waals surface area contributed by atoms with Crippen LogP contribution in [0.4, 0.5) is 19.0 Å². The number of anilines is 1. The Morgan fingerprint density at radius 1 is 1.43 bits per heavy atom. The molecule has 1 aromatic rings. The predicted molar refractivity (Wildman–Crippen MR) is 84.6 cm³/mol. The number of carbonyl (C=O) groups excluding carboxylic acids is 2. The fourth-order valence-corrected chi connectivity index (χ4v) is 2.58. The van der Waals surface area contributed by atoms with Crippen molar-refractivity contribution >= 4 is 17.8 Å². The second-order valence-electron chi connectivity index (χ2n) is 5.89. The molecule has 28 heavy (non-hydrogen) atoms. The maximum atomic E-state index is 13.1. The lowest BCUT2D eigenvalue weighted by Crippen LogP contribution is -2.39. The molecule has 0 radical (unpaired) electrons. The summed E-state index contributed by atoms with van der Waals surface area (Å²) in [4.78, 5) is 37.7. The fraction of sp³-hybridized carbons (Fsp3) is 0.600. The van der Waals surface area contributed by atoms with Crippen LogP contribution in [0.3, 0.4) is 0 Å². The Kier molecular flexibility index (Phi) is 6.29. The molecule has 0 bridgehead atoms. The van der Waals surface area contributed by atoms with Crippen molar-refractivity contribution in [3.8, 4) is 0 Å². The molecule has 10 nitrogen and oxygen atoms in total. The van der Waals surface area contributed by atoms with E-state index < -0.39 is 66.3 Å². The topological polar surface area (TPSA) is 143 Å². The number of ether oxygens (including phenoxy) is 3. The number of aliphatic hydroxyl groups is 1. The van der Waals surface area contributed by atoms with Crippen LogP contribution in [0.5, 0.6) is 0 Å². The van der Waals surface area contributed by atoms with E-state index in [2.05, 4.69) is 4.98 Å². The summed E-state index contributed by atoms with van der Waals surface area (Å²) in [6.07, 6.45) is -10.6. The molecule has 0 aliphatic carbocycles. The van der Waals surface area contributed by atoms with E-state index in [1.165, 1.54) is 6.92 Å². The van der Waals surface area contributed by atoms with Crippen molar-refractivity contribution in [1.82, 2.24) is 9.55 Å². The summed E-state index contributed by atoms with van der Waals surface area (Å²) in [5.74, 6) is -2.47. The molecule has 156 valence electrons. The van der Waals surface area contributed by atoms with Gasteiger partial charge in [-0.3, -0.25) is 14.2 Å². The Morgan fingerprint density at radius 3 is 2.61 bits per heavy atom. The third-order valence-electron chi connectivity index (χ3n) is 3.87. The highest BCUT2D eigenvalue weighted by molar-refractivity contribution is 5.69. The molecule has 1 aliphatic rings. The van der Waals surface area contributed by atoms with Gasteiger partial charge in [0.2, 0.25) is 0 Å². The van der Waals surface area contributed by atoms with E-state index in [4.69, 9.17) is 19.9 Å². The molecule has 1 saturated heterocycles. The van der Waals surface area contributed by atoms with Gasteiger partial charge in [-0.25, -0.2) is 4.79 Å². The average Bonchev–Trinajstić information content (AvgIpc) is 2.87. The van der Waals surface area contributed by atoms with Crippen LogP contribution < -0.4 is 11.4 Å². The fourth-order valence-electron chi connectivity index (χ4n) is 2.58. The number of carbonyl (C=O) groups is 2. The maximum absolute atomic E-state index is 13.1. The molecule has 3 N–H and O–H groups in total. The minimum Gasteiger partial charge on any atom is -0.463 e. The molecule has 2 heterocycles. The van der Waals surface area contributed by atoms with Crippen molar-refractivity contribution in [2.45, 2.75) is 51.0 Å². The van der Waals surface area contributed by atoms with Crippen molar-refractivity contribution in [2.24, 2.45) is 0 Å². The number of halogens is 3. The summed E-state index contributed by atoms with van der Waals surface area (Å²) in [6, 6.07) is 0. The summed E-state index contributed by atoms with van der Waals surface area (Å²) in [5, 5.41) is 10.4. The highest BCUT2D eigenvalue weighted by atomic mass is 19.4. The Bertz CT molecular complexity index is 811. The van der Waals surface area contributed by atoms with Crippen LogP contribution in [0.2, 0.25) is 0 Å². The number of esters is 2. The molecule has 2 rings (SSSR count). The van der Waals surface area contributed by atoms with Crippen LogP contribution in [-0.2, 0) is 30.0 Å². The van der Waals surface area contributed by atoms with Crippen LogP contribution in [0, 0.1) is 0 Å². The van der Waals surface area contributed by atoms with Crippen LogP contribution in [0.1, 0.15) is 32.1 Å². The standard InChI is InChI=1S/C15H18F3N3O7/c1-3-9(23)26-5-8-11(27-6(2)22)10(24)13(28-8)21-4-7(15(16,17)18)12(19)20-14(21)25/h4,8,10-11,13,24H,3,5H2,1-2H3,(H2,19,20,25)/t8-,10+,11-,13-/m1/s1. The number of hydrogen-bond acceptors (Lipinski definition) is 9. The third kappa shape index (κ3) is 4.59. The molecule has 0 spiro atoms. The van der Waals surface area contributed by atoms with E-state index >= 15 is 0 Å². The maximum Gasteiger partial charge on any atom is 0.421 e. The Hall–Kier alpha value is -2.67. The van der Waals surface area contributed by atoms with Gasteiger partial charge in [-0.05, 0) is 0 Å². The lowest BCUT2D eigenvalue weighted by atomic mass is 10.1. The molecule has 0 saturated carbocycles. The van der Waals surface area contributed by atoms with E-state index in [9.17, 15) is 32.7 Å². The zero-order valence-electron chi connectivity index (χ0n) is 14.8. The summed E-state index contributed by atoms with van der Waals surface area (Å²) in [6.45, 7) is 2.10. The van der Waals surface area contributed by atoms with Crippen molar-refractivity contribution in [3.05, 3.63) is 22.2 Å². The van der Waals surface area contributed by atoms with Gasteiger partial charge >= 0.3 is 23.8 Å². The normalized spacial score (nSPS) is 24.8. The van der Waals surface area contributed by atoms with Gasteiger partial charge in [0.15, 0.2) is 12.3 Å². The van der Waals surface area contributed by atoms with Crippen LogP contribution >= 0.6 is 0 Å². The average molecular weight is 409 g/mol. The smallest absolute Gasteiger partial charge is 0.421 e. The lowest BCUT2D eigenvalue weighted by molar-refractivity contribution is -0.158. The SMILES string of the molecule is CCC(=O)OC[C@H]1O[C@@H](n2cc(C(F)(F)F)c(N)nc2=O)[C@@H](O)[C@@H]1OC(C)=O. The third-order valence-corrected chi connectivity index (χ3v) is 3.87. The number of hydrogen-bond donors (Lipinski definition) is 2. The zero-order valence-corrected chi connectivity index (χ0v) is 14.8. The first kappa shape index (κ1) is 21.6. The van der Waals surface area contributed by atoms with Gasteiger partial charge in [-0.2, -0.15) is 18.2 Å². The van der Waals surface area contributed by atoms with E-state index in [-0.39, 0.29) is 6.42 Å². The first-order valence-electron chi connectivity index (χ1n) is 8.08. The molecule has 0 amide bonds. The van der Waals surface area contributed by atoms with Gasteiger partial charge in [0.1, 0.15) is 30.2 Å².